The minimum atomic E-state index is -0.492. The lowest BCUT2D eigenvalue weighted by atomic mass is 10.0. The highest BCUT2D eigenvalue weighted by atomic mass is 19.1. The minimum Gasteiger partial charge on any atom is -0.486 e. The van der Waals surface area contributed by atoms with Gasteiger partial charge in [0.2, 0.25) is 0 Å². The summed E-state index contributed by atoms with van der Waals surface area (Å²) in [4.78, 5) is 24.4. The van der Waals surface area contributed by atoms with Gasteiger partial charge in [0, 0.05) is 43.4 Å². The third-order valence-corrected chi connectivity index (χ3v) is 5.47. The average Bonchev–Trinajstić information content (AvgIpc) is 2.83. The number of halogens is 1. The van der Waals surface area contributed by atoms with Crippen molar-refractivity contribution >= 4 is 22.8 Å². The molecular weight excluding hydrogens is 425 g/mol. The van der Waals surface area contributed by atoms with Gasteiger partial charge in [0.15, 0.2) is 0 Å². The van der Waals surface area contributed by atoms with Crippen LogP contribution in [0.25, 0.3) is 11.0 Å². The summed E-state index contributed by atoms with van der Waals surface area (Å²) in [6.45, 7) is 5.75. The molecule has 1 fully saturated rings. The molecular formula is C24H28FN5O3. The fourth-order valence-electron chi connectivity index (χ4n) is 3.73. The summed E-state index contributed by atoms with van der Waals surface area (Å²) >= 11 is 0. The summed E-state index contributed by atoms with van der Waals surface area (Å²) < 4.78 is 25.1. The molecule has 4 rings (SSSR count). The predicted molar refractivity (Wildman–Crippen MR) is 124 cm³/mol. The number of ether oxygens (including phenoxy) is 2. The molecule has 1 saturated heterocycles. The van der Waals surface area contributed by atoms with Gasteiger partial charge in [-0.15, -0.1) is 0 Å². The number of nitrogens with zero attached hydrogens (tertiary/aromatic N) is 3. The van der Waals surface area contributed by atoms with Crippen LogP contribution in [0.15, 0.2) is 42.6 Å². The molecule has 1 atom stereocenters. The van der Waals surface area contributed by atoms with Gasteiger partial charge in [-0.1, -0.05) is 6.07 Å². The number of hydrogen-bond acceptors (Lipinski definition) is 7. The van der Waals surface area contributed by atoms with Gasteiger partial charge < -0.3 is 25.0 Å². The van der Waals surface area contributed by atoms with E-state index in [4.69, 9.17) is 14.5 Å². The van der Waals surface area contributed by atoms with E-state index in [-0.39, 0.29) is 11.7 Å². The van der Waals surface area contributed by atoms with Crippen LogP contribution in [0.4, 0.5) is 10.2 Å². The third-order valence-electron chi connectivity index (χ3n) is 5.47. The molecule has 174 valence electrons. The fraction of sp³-hybridized carbons (Fsp3) is 0.375. The van der Waals surface area contributed by atoms with Crippen LogP contribution in [-0.4, -0.2) is 62.3 Å². The highest BCUT2D eigenvalue weighted by Crippen LogP contribution is 2.29. The molecule has 33 heavy (non-hydrogen) atoms. The Kier molecular flexibility index (Phi) is 7.31. The Morgan fingerprint density at radius 3 is 2.82 bits per heavy atom. The lowest BCUT2D eigenvalue weighted by Gasteiger charge is -2.28. The Morgan fingerprint density at radius 1 is 1.24 bits per heavy atom. The predicted octanol–water partition coefficient (Wildman–Crippen LogP) is 2.69. The summed E-state index contributed by atoms with van der Waals surface area (Å²) in [6, 6.07) is 9.50. The molecule has 1 aliphatic heterocycles. The second-order valence-electron chi connectivity index (χ2n) is 7.84. The maximum absolute atomic E-state index is 13.7. The Morgan fingerprint density at radius 2 is 2.06 bits per heavy atom. The van der Waals surface area contributed by atoms with Gasteiger partial charge in [-0.05, 0) is 38.2 Å². The van der Waals surface area contributed by atoms with E-state index in [0.29, 0.717) is 54.2 Å². The van der Waals surface area contributed by atoms with Crippen LogP contribution < -0.4 is 20.3 Å². The maximum Gasteiger partial charge on any atom is 0.251 e. The van der Waals surface area contributed by atoms with Crippen molar-refractivity contribution in [2.75, 3.05) is 51.3 Å². The van der Waals surface area contributed by atoms with Crippen LogP contribution in [-0.2, 0) is 4.74 Å². The summed E-state index contributed by atoms with van der Waals surface area (Å²) in [5.41, 5.74) is 2.42. The number of benzene rings is 2. The number of anilines is 1. The van der Waals surface area contributed by atoms with E-state index >= 15 is 0 Å². The number of hydrogen-bond donors (Lipinski definition) is 2. The zero-order valence-corrected chi connectivity index (χ0v) is 18.8. The number of carbonyl (C=O) groups excluding carboxylic acids is 1. The van der Waals surface area contributed by atoms with Gasteiger partial charge in [0.1, 0.15) is 23.5 Å². The molecule has 3 aromatic rings. The zero-order chi connectivity index (χ0) is 23.2. The van der Waals surface area contributed by atoms with E-state index in [9.17, 15) is 9.18 Å². The lowest BCUT2D eigenvalue weighted by Crippen LogP contribution is -2.36. The number of carbonyl (C=O) groups is 1. The summed E-state index contributed by atoms with van der Waals surface area (Å²) in [6.07, 6.45) is 1.23. The monoisotopic (exact) mass is 453 g/mol. The molecule has 0 radical (unpaired) electrons. The Balaban J connectivity index is 1.72. The van der Waals surface area contributed by atoms with Crippen molar-refractivity contribution in [1.29, 1.82) is 0 Å². The van der Waals surface area contributed by atoms with Gasteiger partial charge in [-0.2, -0.15) is 0 Å². The molecule has 9 heteroatoms. The minimum absolute atomic E-state index is 0.203. The molecule has 1 aromatic heterocycles. The van der Waals surface area contributed by atoms with Crippen molar-refractivity contribution in [3.8, 4) is 5.75 Å². The highest BCUT2D eigenvalue weighted by Gasteiger charge is 2.20. The lowest BCUT2D eigenvalue weighted by molar-refractivity contribution is 0.0954. The van der Waals surface area contributed by atoms with Crippen molar-refractivity contribution in [1.82, 2.24) is 20.6 Å². The van der Waals surface area contributed by atoms with E-state index in [1.54, 1.807) is 30.5 Å². The van der Waals surface area contributed by atoms with E-state index in [2.05, 4.69) is 20.5 Å². The Hall–Kier alpha value is -3.30. The van der Waals surface area contributed by atoms with Crippen LogP contribution in [0.3, 0.4) is 0 Å². The van der Waals surface area contributed by atoms with E-state index in [1.807, 2.05) is 14.0 Å². The summed E-state index contributed by atoms with van der Waals surface area (Å²) in [7, 11) is 1.83. The molecule has 0 bridgehead atoms. The van der Waals surface area contributed by atoms with Crippen LogP contribution >= 0.6 is 0 Å². The van der Waals surface area contributed by atoms with Gasteiger partial charge in [-0.25, -0.2) is 9.37 Å². The average molecular weight is 454 g/mol. The van der Waals surface area contributed by atoms with Crippen molar-refractivity contribution in [2.24, 2.45) is 0 Å². The zero-order valence-electron chi connectivity index (χ0n) is 18.8. The number of nitrogens with one attached hydrogen (secondary N) is 2. The number of amides is 1. The van der Waals surface area contributed by atoms with Gasteiger partial charge >= 0.3 is 0 Å². The molecule has 0 unspecified atom stereocenters. The van der Waals surface area contributed by atoms with Crippen molar-refractivity contribution in [2.45, 2.75) is 13.0 Å². The van der Waals surface area contributed by atoms with Gasteiger partial charge in [0.05, 0.1) is 30.4 Å². The quantitative estimate of drug-likeness (QED) is 0.507. The first-order valence-corrected chi connectivity index (χ1v) is 11.0. The largest absolute Gasteiger partial charge is 0.486 e. The molecule has 2 N–H and O–H groups in total. The first kappa shape index (κ1) is 22.9. The topological polar surface area (TPSA) is 88.6 Å². The van der Waals surface area contributed by atoms with Crippen LogP contribution in [0.1, 0.15) is 28.9 Å². The number of rotatable bonds is 8. The fourth-order valence-corrected chi connectivity index (χ4v) is 3.73. The first-order valence-electron chi connectivity index (χ1n) is 11.0. The van der Waals surface area contributed by atoms with Crippen LogP contribution in [0, 0.1) is 5.82 Å². The molecule has 8 nitrogen and oxygen atoms in total. The molecule has 0 saturated carbocycles. The number of aromatic nitrogens is 2. The molecule has 2 aromatic carbocycles. The molecule has 1 aliphatic rings. The number of morpholine rings is 1. The van der Waals surface area contributed by atoms with Crippen molar-refractivity contribution in [3.05, 3.63) is 59.5 Å². The van der Waals surface area contributed by atoms with E-state index in [0.717, 1.165) is 18.9 Å². The smallest absolute Gasteiger partial charge is 0.251 e. The highest BCUT2D eigenvalue weighted by molar-refractivity contribution is 5.98. The number of fused-ring (bicyclic) bond motifs is 1. The SMILES string of the molecule is CNCCNC(=O)c1cc([C@@H](C)Oc2cccc(F)c2)c2nc(N3CCOCC3)cnc2c1. The molecule has 0 spiro atoms. The van der Waals surface area contributed by atoms with E-state index in [1.165, 1.54) is 12.1 Å². The van der Waals surface area contributed by atoms with Gasteiger partial charge in [-0.3, -0.25) is 9.78 Å². The standard InChI is InChI=1S/C24H28FN5O3/c1-16(33-19-5-3-4-18(25)14-19)20-12-17(24(31)27-7-6-26-2)13-21-23(20)29-22(15-28-21)30-8-10-32-11-9-30/h3-5,12-16,26H,6-11H2,1-2H3,(H,27,31)/t16-/m1/s1. The normalized spacial score (nSPS) is 14.8. The Bertz CT molecular complexity index is 1120. The summed E-state index contributed by atoms with van der Waals surface area (Å²) in [5.74, 6) is 0.565. The molecule has 2 heterocycles. The second-order valence-corrected chi connectivity index (χ2v) is 7.84. The van der Waals surface area contributed by atoms with Crippen LogP contribution in [0.2, 0.25) is 0 Å². The van der Waals surface area contributed by atoms with Crippen molar-refractivity contribution in [3.63, 3.8) is 0 Å². The maximum atomic E-state index is 13.7. The second kappa shape index (κ2) is 10.5. The van der Waals surface area contributed by atoms with Crippen molar-refractivity contribution < 1.29 is 18.7 Å². The molecule has 0 aliphatic carbocycles. The molecule has 1 amide bonds. The first-order chi connectivity index (χ1) is 16.0. The van der Waals surface area contributed by atoms with Gasteiger partial charge in [0.25, 0.3) is 5.91 Å². The van der Waals surface area contributed by atoms with Crippen LogP contribution in [0.5, 0.6) is 5.75 Å². The Labute approximate surface area is 192 Å². The number of likely N-dealkylation sites (N-methyl/N-ethyl adjacent to an activating group) is 1. The third kappa shape index (κ3) is 5.55. The summed E-state index contributed by atoms with van der Waals surface area (Å²) in [5, 5.41) is 5.89. The van der Waals surface area contributed by atoms with E-state index < -0.39 is 6.10 Å².